The summed E-state index contributed by atoms with van der Waals surface area (Å²) < 4.78 is 5.12. The molecule has 2 aromatic carbocycles. The zero-order valence-corrected chi connectivity index (χ0v) is 14.2. The van der Waals surface area contributed by atoms with Crippen molar-refractivity contribution < 1.29 is 14.1 Å². The minimum atomic E-state index is -0.367. The number of hydrogen-bond acceptors (Lipinski definition) is 5. The van der Waals surface area contributed by atoms with Gasteiger partial charge in [-0.3, -0.25) is 9.59 Å². The third-order valence-corrected chi connectivity index (χ3v) is 3.67. The van der Waals surface area contributed by atoms with Gasteiger partial charge in [-0.2, -0.15) is 4.98 Å². The summed E-state index contributed by atoms with van der Waals surface area (Å²) in [4.78, 5) is 28.0. The molecule has 0 aliphatic rings. The highest BCUT2D eigenvalue weighted by Crippen LogP contribution is 2.19. The molecule has 2 N–H and O–H groups in total. The first-order valence-electron chi connectivity index (χ1n) is 8.12. The van der Waals surface area contributed by atoms with Crippen LogP contribution in [0.15, 0.2) is 59.1 Å². The Balaban J connectivity index is 1.51. The van der Waals surface area contributed by atoms with E-state index in [0.717, 1.165) is 11.1 Å². The van der Waals surface area contributed by atoms with Crippen molar-refractivity contribution in [1.82, 2.24) is 15.5 Å². The highest BCUT2D eigenvalue weighted by Gasteiger charge is 2.14. The molecule has 0 aliphatic carbocycles. The monoisotopic (exact) mass is 350 g/mol. The van der Waals surface area contributed by atoms with Gasteiger partial charge in [-0.05, 0) is 24.6 Å². The van der Waals surface area contributed by atoms with Crippen LogP contribution >= 0.6 is 0 Å². The number of nitrogens with zero attached hydrogens (tertiary/aromatic N) is 2. The van der Waals surface area contributed by atoms with Crippen LogP contribution in [-0.2, 0) is 16.0 Å². The molecular formula is C19H18N4O3. The molecule has 0 spiro atoms. The summed E-state index contributed by atoms with van der Waals surface area (Å²) in [6.07, 6.45) is -0.0858. The number of benzene rings is 2. The van der Waals surface area contributed by atoms with Gasteiger partial charge in [-0.25, -0.2) is 0 Å². The minimum Gasteiger partial charge on any atom is -0.347 e. The van der Waals surface area contributed by atoms with Gasteiger partial charge < -0.3 is 15.2 Å². The van der Waals surface area contributed by atoms with Gasteiger partial charge in [0.05, 0.1) is 6.54 Å². The number of nitrogens with one attached hydrogen (secondary N) is 2. The zero-order chi connectivity index (χ0) is 18.4. The fourth-order valence-corrected chi connectivity index (χ4v) is 2.37. The molecule has 3 rings (SSSR count). The van der Waals surface area contributed by atoms with E-state index in [-0.39, 0.29) is 30.7 Å². The number of para-hydroxylation sites is 1. The molecule has 26 heavy (non-hydrogen) atoms. The molecule has 0 saturated heterocycles. The van der Waals surface area contributed by atoms with Crippen LogP contribution in [0.25, 0.3) is 11.4 Å². The standard InChI is InChI=1S/C19H18N4O3/c1-13-7-5-6-10-15(13)19-22-18(26-23-19)11-16(24)20-12-17(25)21-14-8-3-2-4-9-14/h2-10H,11-12H2,1H3,(H,20,24)(H,21,25). The molecule has 7 nitrogen and oxygen atoms in total. The number of aryl methyl sites for hydroxylation is 1. The third kappa shape index (κ3) is 4.54. The minimum absolute atomic E-state index is 0.0858. The second-order valence-corrected chi connectivity index (χ2v) is 5.69. The Morgan fingerprint density at radius 2 is 1.73 bits per heavy atom. The van der Waals surface area contributed by atoms with Crippen molar-refractivity contribution in [3.63, 3.8) is 0 Å². The molecule has 0 fully saturated rings. The molecular weight excluding hydrogens is 332 g/mol. The number of amides is 2. The van der Waals surface area contributed by atoms with E-state index in [2.05, 4.69) is 20.8 Å². The normalized spacial score (nSPS) is 10.3. The Bertz CT molecular complexity index is 906. The lowest BCUT2D eigenvalue weighted by atomic mass is 10.1. The molecule has 132 valence electrons. The number of carbonyl (C=O) groups is 2. The van der Waals surface area contributed by atoms with Gasteiger partial charge in [0.1, 0.15) is 6.42 Å². The topological polar surface area (TPSA) is 97.1 Å². The fourth-order valence-electron chi connectivity index (χ4n) is 2.37. The first-order valence-corrected chi connectivity index (χ1v) is 8.12. The average Bonchev–Trinajstić information content (AvgIpc) is 3.09. The number of anilines is 1. The van der Waals surface area contributed by atoms with Crippen molar-refractivity contribution in [3.8, 4) is 11.4 Å². The number of hydrogen-bond donors (Lipinski definition) is 2. The second kappa shape index (κ2) is 8.06. The van der Waals surface area contributed by atoms with Gasteiger partial charge in [0, 0.05) is 11.3 Å². The van der Waals surface area contributed by atoms with Crippen molar-refractivity contribution in [2.45, 2.75) is 13.3 Å². The maximum atomic E-state index is 12.0. The molecule has 0 unspecified atom stereocenters. The van der Waals surface area contributed by atoms with Gasteiger partial charge in [0.25, 0.3) is 0 Å². The van der Waals surface area contributed by atoms with Gasteiger partial charge in [0.2, 0.25) is 23.5 Å². The first kappa shape index (κ1) is 17.3. The van der Waals surface area contributed by atoms with Crippen LogP contribution in [0.1, 0.15) is 11.5 Å². The van der Waals surface area contributed by atoms with Gasteiger partial charge in [-0.1, -0.05) is 47.6 Å². The van der Waals surface area contributed by atoms with Crippen LogP contribution in [0.3, 0.4) is 0 Å². The maximum Gasteiger partial charge on any atom is 0.243 e. The smallest absolute Gasteiger partial charge is 0.243 e. The maximum absolute atomic E-state index is 12.0. The highest BCUT2D eigenvalue weighted by molar-refractivity contribution is 5.94. The van der Waals surface area contributed by atoms with E-state index in [4.69, 9.17) is 4.52 Å². The van der Waals surface area contributed by atoms with Gasteiger partial charge in [0.15, 0.2) is 0 Å². The van der Waals surface area contributed by atoms with E-state index in [1.54, 1.807) is 12.1 Å². The quantitative estimate of drug-likeness (QED) is 0.711. The Labute approximate surface area is 150 Å². The highest BCUT2D eigenvalue weighted by atomic mass is 16.5. The third-order valence-electron chi connectivity index (χ3n) is 3.67. The van der Waals surface area contributed by atoms with E-state index in [0.29, 0.717) is 11.5 Å². The summed E-state index contributed by atoms with van der Waals surface area (Å²) in [6, 6.07) is 16.7. The fraction of sp³-hybridized carbons (Fsp3) is 0.158. The van der Waals surface area contributed by atoms with Crippen LogP contribution in [0.4, 0.5) is 5.69 Å². The van der Waals surface area contributed by atoms with Crippen molar-refractivity contribution in [2.24, 2.45) is 0 Å². The van der Waals surface area contributed by atoms with Crippen molar-refractivity contribution in [1.29, 1.82) is 0 Å². The molecule has 0 radical (unpaired) electrons. The molecule has 1 heterocycles. The lowest BCUT2D eigenvalue weighted by Crippen LogP contribution is -2.33. The Morgan fingerprint density at radius 1 is 1.00 bits per heavy atom. The molecule has 3 aromatic rings. The van der Waals surface area contributed by atoms with Crippen LogP contribution in [0.2, 0.25) is 0 Å². The number of rotatable bonds is 6. The van der Waals surface area contributed by atoms with Crippen molar-refractivity contribution in [3.05, 3.63) is 66.1 Å². The van der Waals surface area contributed by atoms with Gasteiger partial charge >= 0.3 is 0 Å². The molecule has 7 heteroatoms. The second-order valence-electron chi connectivity index (χ2n) is 5.69. The van der Waals surface area contributed by atoms with E-state index in [1.807, 2.05) is 49.4 Å². The van der Waals surface area contributed by atoms with Crippen LogP contribution in [0.5, 0.6) is 0 Å². The Morgan fingerprint density at radius 3 is 2.50 bits per heavy atom. The van der Waals surface area contributed by atoms with Crippen molar-refractivity contribution >= 4 is 17.5 Å². The number of aromatic nitrogens is 2. The van der Waals surface area contributed by atoms with Crippen LogP contribution in [0, 0.1) is 6.92 Å². The predicted molar refractivity (Wildman–Crippen MR) is 96.3 cm³/mol. The summed E-state index contributed by atoms with van der Waals surface area (Å²) in [7, 11) is 0. The lowest BCUT2D eigenvalue weighted by Gasteiger charge is -2.05. The Hall–Kier alpha value is -3.48. The molecule has 0 bridgehead atoms. The molecule has 0 saturated carbocycles. The SMILES string of the molecule is Cc1ccccc1-c1noc(CC(=O)NCC(=O)Nc2ccccc2)n1. The average molecular weight is 350 g/mol. The van der Waals surface area contributed by atoms with E-state index in [1.165, 1.54) is 0 Å². The van der Waals surface area contributed by atoms with E-state index in [9.17, 15) is 9.59 Å². The summed E-state index contributed by atoms with van der Waals surface area (Å²) >= 11 is 0. The van der Waals surface area contributed by atoms with Crippen LogP contribution < -0.4 is 10.6 Å². The van der Waals surface area contributed by atoms with Crippen LogP contribution in [-0.4, -0.2) is 28.5 Å². The summed E-state index contributed by atoms with van der Waals surface area (Å²) in [6.45, 7) is 1.82. The predicted octanol–water partition coefficient (Wildman–Crippen LogP) is 2.34. The first-order chi connectivity index (χ1) is 12.6. The zero-order valence-electron chi connectivity index (χ0n) is 14.2. The summed E-state index contributed by atoms with van der Waals surface area (Å²) in [5, 5.41) is 9.13. The Kier molecular flexibility index (Phi) is 5.38. The largest absolute Gasteiger partial charge is 0.347 e. The summed E-state index contributed by atoms with van der Waals surface area (Å²) in [5.74, 6) is -0.0409. The van der Waals surface area contributed by atoms with Gasteiger partial charge in [-0.15, -0.1) is 0 Å². The van der Waals surface area contributed by atoms with Crippen molar-refractivity contribution in [2.75, 3.05) is 11.9 Å². The number of carbonyl (C=O) groups excluding carboxylic acids is 2. The van der Waals surface area contributed by atoms with E-state index < -0.39 is 0 Å². The lowest BCUT2D eigenvalue weighted by molar-refractivity contribution is -0.124. The molecule has 0 aliphatic heterocycles. The van der Waals surface area contributed by atoms with E-state index >= 15 is 0 Å². The molecule has 2 amide bonds. The molecule has 0 atom stereocenters. The molecule has 1 aromatic heterocycles. The summed E-state index contributed by atoms with van der Waals surface area (Å²) in [5.41, 5.74) is 2.54.